The zero-order chi connectivity index (χ0) is 24.6. The summed E-state index contributed by atoms with van der Waals surface area (Å²) < 4.78 is 74.1. The summed E-state index contributed by atoms with van der Waals surface area (Å²) in [5.41, 5.74) is -0.0319. The number of urea groups is 1. The molecular weight excluding hydrogens is 465 g/mol. The van der Waals surface area contributed by atoms with Gasteiger partial charge in [-0.1, -0.05) is 6.92 Å². The summed E-state index contributed by atoms with van der Waals surface area (Å²) in [6.45, 7) is 1.23. The van der Waals surface area contributed by atoms with Crippen LogP contribution in [-0.4, -0.2) is 52.1 Å². The maximum atomic E-state index is 14.0. The molecule has 34 heavy (non-hydrogen) atoms. The molecule has 2 amide bonds. The van der Waals surface area contributed by atoms with Crippen molar-refractivity contribution >= 4 is 17.7 Å². The van der Waals surface area contributed by atoms with E-state index in [4.69, 9.17) is 4.74 Å². The molecule has 1 aromatic heterocycles. The van der Waals surface area contributed by atoms with E-state index >= 15 is 0 Å². The number of halogens is 5. The molecule has 4 N–H and O–H groups in total. The maximum Gasteiger partial charge on any atom is 0.412 e. The number of carbonyl (C=O) groups is 1. The van der Waals surface area contributed by atoms with E-state index in [9.17, 15) is 31.9 Å². The van der Waals surface area contributed by atoms with Gasteiger partial charge in [0.2, 0.25) is 5.95 Å². The van der Waals surface area contributed by atoms with Gasteiger partial charge in [-0.25, -0.2) is 23.5 Å². The first-order chi connectivity index (χ1) is 16.1. The Kier molecular flexibility index (Phi) is 6.47. The van der Waals surface area contributed by atoms with E-state index < -0.39 is 47.7 Å². The first-order valence-corrected chi connectivity index (χ1v) is 10.6. The monoisotopic (exact) mass is 487 g/mol. The number of hydrogen-bond acceptors (Lipinski definition) is 6. The smallest absolute Gasteiger partial charge is 0.412 e. The van der Waals surface area contributed by atoms with Crippen molar-refractivity contribution < 1.29 is 36.6 Å². The Hall–Kier alpha value is -3.22. The molecule has 184 valence electrons. The lowest BCUT2D eigenvalue weighted by molar-refractivity contribution is -0.171. The van der Waals surface area contributed by atoms with Crippen molar-refractivity contribution in [1.29, 1.82) is 0 Å². The second-order valence-corrected chi connectivity index (χ2v) is 8.36. The van der Waals surface area contributed by atoms with Crippen molar-refractivity contribution in [3.63, 3.8) is 0 Å². The second kappa shape index (κ2) is 9.20. The quantitative estimate of drug-likeness (QED) is 0.445. The summed E-state index contributed by atoms with van der Waals surface area (Å²) in [5, 5.41) is 16.4. The molecule has 2 aromatic rings. The predicted molar refractivity (Wildman–Crippen MR) is 110 cm³/mol. The minimum Gasteiger partial charge on any atom is -0.484 e. The van der Waals surface area contributed by atoms with Crippen LogP contribution in [0.5, 0.6) is 5.75 Å². The molecule has 3 unspecified atom stereocenters. The topological polar surface area (TPSA) is 108 Å². The van der Waals surface area contributed by atoms with Gasteiger partial charge in [0.05, 0.1) is 30.7 Å². The van der Waals surface area contributed by atoms with Crippen LogP contribution in [0, 0.1) is 17.6 Å². The molecule has 1 aliphatic heterocycles. The Bertz CT molecular complexity index is 1050. The number of amides is 2. The van der Waals surface area contributed by atoms with Crippen molar-refractivity contribution in [3.8, 4) is 5.75 Å². The number of alkyl halides is 3. The Morgan fingerprint density at radius 1 is 1.24 bits per heavy atom. The van der Waals surface area contributed by atoms with E-state index in [1.807, 2.05) is 0 Å². The lowest BCUT2D eigenvalue weighted by Gasteiger charge is -2.29. The van der Waals surface area contributed by atoms with Crippen LogP contribution in [-0.2, 0) is 0 Å². The van der Waals surface area contributed by atoms with Crippen LogP contribution >= 0.6 is 0 Å². The van der Waals surface area contributed by atoms with Crippen molar-refractivity contribution in [3.05, 3.63) is 41.7 Å². The largest absolute Gasteiger partial charge is 0.484 e. The highest BCUT2D eigenvalue weighted by atomic mass is 19.4. The SMILES string of the molecule is CC1c2cc(F)cc(F)c2OC1[C@H](NC(=O)Nc1cnc(NC(CO)C2CC2)nc1)C(F)(F)F. The average molecular weight is 487 g/mol. The molecule has 4 atom stereocenters. The first-order valence-electron chi connectivity index (χ1n) is 10.6. The molecule has 1 aromatic carbocycles. The van der Waals surface area contributed by atoms with Crippen LogP contribution < -0.4 is 20.7 Å². The summed E-state index contributed by atoms with van der Waals surface area (Å²) in [5.74, 6) is -3.06. The summed E-state index contributed by atoms with van der Waals surface area (Å²) in [7, 11) is 0. The van der Waals surface area contributed by atoms with Gasteiger partial charge in [-0.2, -0.15) is 13.2 Å². The number of aliphatic hydroxyl groups is 1. The van der Waals surface area contributed by atoms with Gasteiger partial charge in [-0.3, -0.25) is 0 Å². The maximum absolute atomic E-state index is 14.0. The number of hydrogen-bond donors (Lipinski definition) is 4. The molecule has 8 nitrogen and oxygen atoms in total. The average Bonchev–Trinajstić information content (AvgIpc) is 3.55. The van der Waals surface area contributed by atoms with Gasteiger partial charge >= 0.3 is 12.2 Å². The molecule has 0 bridgehead atoms. The van der Waals surface area contributed by atoms with Crippen molar-refractivity contribution in [2.45, 2.75) is 50.0 Å². The number of aliphatic hydroxyl groups excluding tert-OH is 1. The zero-order valence-electron chi connectivity index (χ0n) is 17.9. The molecule has 0 spiro atoms. The molecule has 4 rings (SSSR count). The molecule has 2 aliphatic rings. The normalized spacial score (nSPS) is 21.3. The summed E-state index contributed by atoms with van der Waals surface area (Å²) in [6.07, 6.45) is -2.30. The number of benzene rings is 1. The number of nitrogens with zero attached hydrogens (tertiary/aromatic N) is 2. The van der Waals surface area contributed by atoms with E-state index in [0.29, 0.717) is 12.0 Å². The van der Waals surface area contributed by atoms with Crippen LogP contribution in [0.3, 0.4) is 0 Å². The lowest BCUT2D eigenvalue weighted by atomic mass is 9.92. The number of nitrogens with one attached hydrogen (secondary N) is 3. The molecule has 1 fully saturated rings. The van der Waals surface area contributed by atoms with Gasteiger partial charge in [0.1, 0.15) is 11.9 Å². The fraction of sp³-hybridized carbons (Fsp3) is 0.476. The Morgan fingerprint density at radius 2 is 1.91 bits per heavy atom. The highest BCUT2D eigenvalue weighted by Gasteiger charge is 2.52. The Balaban J connectivity index is 1.42. The number of fused-ring (bicyclic) bond motifs is 1. The van der Waals surface area contributed by atoms with Crippen LogP contribution in [0.15, 0.2) is 24.5 Å². The van der Waals surface area contributed by atoms with E-state index in [1.165, 1.54) is 19.3 Å². The zero-order valence-corrected chi connectivity index (χ0v) is 17.9. The number of aromatic nitrogens is 2. The minimum absolute atomic E-state index is 0.0211. The number of carbonyl (C=O) groups excluding carboxylic acids is 1. The van der Waals surface area contributed by atoms with Crippen LogP contribution in [0.25, 0.3) is 0 Å². The molecule has 1 aliphatic carbocycles. The molecule has 0 saturated heterocycles. The van der Waals surface area contributed by atoms with Crippen molar-refractivity contribution in [2.75, 3.05) is 17.2 Å². The van der Waals surface area contributed by atoms with Crippen LogP contribution in [0.1, 0.15) is 31.2 Å². The third-order valence-corrected chi connectivity index (χ3v) is 5.85. The van der Waals surface area contributed by atoms with Crippen LogP contribution in [0.4, 0.5) is 38.4 Å². The Labute approximate surface area is 190 Å². The fourth-order valence-electron chi connectivity index (χ4n) is 3.92. The van der Waals surface area contributed by atoms with Crippen molar-refractivity contribution in [2.24, 2.45) is 5.92 Å². The van der Waals surface area contributed by atoms with E-state index in [0.717, 1.165) is 18.9 Å². The van der Waals surface area contributed by atoms with E-state index in [-0.39, 0.29) is 29.8 Å². The third kappa shape index (κ3) is 5.13. The van der Waals surface area contributed by atoms with E-state index in [2.05, 4.69) is 20.6 Å². The van der Waals surface area contributed by atoms with Gasteiger partial charge in [0, 0.05) is 17.5 Å². The predicted octanol–water partition coefficient (Wildman–Crippen LogP) is 3.55. The van der Waals surface area contributed by atoms with Gasteiger partial charge in [-0.05, 0) is 24.8 Å². The molecule has 13 heteroatoms. The lowest BCUT2D eigenvalue weighted by Crippen LogP contribution is -2.56. The van der Waals surface area contributed by atoms with Gasteiger partial charge in [-0.15, -0.1) is 0 Å². The molecule has 2 heterocycles. The summed E-state index contributed by atoms with van der Waals surface area (Å²) in [4.78, 5) is 20.3. The number of anilines is 2. The van der Waals surface area contributed by atoms with Crippen LogP contribution in [0.2, 0.25) is 0 Å². The summed E-state index contributed by atoms with van der Waals surface area (Å²) in [6, 6.07) is -2.50. The van der Waals surface area contributed by atoms with Gasteiger partial charge in [0.15, 0.2) is 17.6 Å². The summed E-state index contributed by atoms with van der Waals surface area (Å²) >= 11 is 0. The third-order valence-electron chi connectivity index (χ3n) is 5.85. The number of rotatable bonds is 7. The Morgan fingerprint density at radius 3 is 2.50 bits per heavy atom. The molecule has 0 radical (unpaired) electrons. The second-order valence-electron chi connectivity index (χ2n) is 8.36. The fourth-order valence-corrected chi connectivity index (χ4v) is 3.92. The highest BCUT2D eigenvalue weighted by Crippen LogP contribution is 2.44. The first kappa shape index (κ1) is 23.9. The van der Waals surface area contributed by atoms with Gasteiger partial charge in [0.25, 0.3) is 0 Å². The van der Waals surface area contributed by atoms with Gasteiger partial charge < -0.3 is 25.8 Å². The number of ether oxygens (including phenoxy) is 1. The standard InChI is InChI=1S/C21H22F5N5O3/c1-9-13-4-11(22)5-14(23)17(13)34-16(9)18(21(24,25)26)31-20(33)29-12-6-27-19(28-7-12)30-15(8-32)10-2-3-10/h4-7,9-10,15-16,18,32H,2-3,8H2,1H3,(H,27,28,30)(H2,29,31,33)/t9?,15?,16?,18-/m0/s1. The molecular formula is C21H22F5N5O3. The molecule has 1 saturated carbocycles. The van der Waals surface area contributed by atoms with Crippen molar-refractivity contribution in [1.82, 2.24) is 15.3 Å². The highest BCUT2D eigenvalue weighted by molar-refractivity contribution is 5.89. The minimum atomic E-state index is -4.94. The van der Waals surface area contributed by atoms with E-state index in [1.54, 1.807) is 5.32 Å².